The van der Waals surface area contributed by atoms with E-state index < -0.39 is 29.7 Å². The molecule has 1 aromatic rings. The van der Waals surface area contributed by atoms with Gasteiger partial charge in [0.05, 0.1) is 18.8 Å². The SMILES string of the molecule is COCCOCC(=O)N[C@H](Cc1ccc(C(F)(F)F)cc1)C(=O)O. The highest BCUT2D eigenvalue weighted by atomic mass is 19.4. The van der Waals surface area contributed by atoms with E-state index in [2.05, 4.69) is 5.32 Å². The van der Waals surface area contributed by atoms with Crippen LogP contribution in [0.15, 0.2) is 24.3 Å². The lowest BCUT2D eigenvalue weighted by Gasteiger charge is -2.15. The van der Waals surface area contributed by atoms with Gasteiger partial charge < -0.3 is 19.9 Å². The molecule has 1 atom stereocenters. The van der Waals surface area contributed by atoms with Crippen LogP contribution in [0.3, 0.4) is 0 Å². The molecule has 1 rings (SSSR count). The third-order valence-electron chi connectivity index (χ3n) is 3.02. The second-order valence-corrected chi connectivity index (χ2v) is 4.90. The maximum atomic E-state index is 12.5. The third kappa shape index (κ3) is 6.97. The van der Waals surface area contributed by atoms with Crippen LogP contribution in [0, 0.1) is 0 Å². The summed E-state index contributed by atoms with van der Waals surface area (Å²) in [5.41, 5.74) is -0.468. The molecule has 1 aromatic carbocycles. The molecule has 2 N–H and O–H groups in total. The lowest BCUT2D eigenvalue weighted by atomic mass is 10.0. The number of halogens is 3. The Labute approximate surface area is 136 Å². The van der Waals surface area contributed by atoms with Crippen LogP contribution in [0.2, 0.25) is 0 Å². The molecule has 0 spiro atoms. The number of hydrogen-bond acceptors (Lipinski definition) is 4. The number of carboxylic acids is 1. The highest BCUT2D eigenvalue weighted by molar-refractivity contribution is 5.84. The Bertz CT molecular complexity index is 545. The number of carbonyl (C=O) groups is 2. The van der Waals surface area contributed by atoms with E-state index in [0.29, 0.717) is 12.2 Å². The van der Waals surface area contributed by atoms with Crippen molar-refractivity contribution in [2.75, 3.05) is 26.9 Å². The van der Waals surface area contributed by atoms with Crippen molar-refractivity contribution in [3.05, 3.63) is 35.4 Å². The van der Waals surface area contributed by atoms with E-state index in [1.54, 1.807) is 0 Å². The van der Waals surface area contributed by atoms with Gasteiger partial charge in [-0.3, -0.25) is 4.79 Å². The van der Waals surface area contributed by atoms with Gasteiger partial charge >= 0.3 is 12.1 Å². The van der Waals surface area contributed by atoms with E-state index >= 15 is 0 Å². The van der Waals surface area contributed by atoms with Gasteiger partial charge in [-0.2, -0.15) is 13.2 Å². The fourth-order valence-electron chi connectivity index (χ4n) is 1.81. The lowest BCUT2D eigenvalue weighted by Crippen LogP contribution is -2.44. The van der Waals surface area contributed by atoms with Crippen LogP contribution in [0.25, 0.3) is 0 Å². The maximum absolute atomic E-state index is 12.5. The molecular weight excluding hydrogens is 331 g/mol. The Morgan fingerprint density at radius 1 is 1.21 bits per heavy atom. The summed E-state index contributed by atoms with van der Waals surface area (Å²) in [7, 11) is 1.47. The molecule has 0 aliphatic heterocycles. The second kappa shape index (κ2) is 9.24. The predicted molar refractivity (Wildman–Crippen MR) is 77.4 cm³/mol. The number of hydrogen-bond donors (Lipinski definition) is 2. The first kappa shape index (κ1) is 19.9. The molecule has 0 fully saturated rings. The zero-order valence-electron chi connectivity index (χ0n) is 12.9. The monoisotopic (exact) mass is 349 g/mol. The summed E-state index contributed by atoms with van der Waals surface area (Å²) >= 11 is 0. The fraction of sp³-hybridized carbons (Fsp3) is 0.467. The number of nitrogens with one attached hydrogen (secondary N) is 1. The molecular formula is C15H18F3NO5. The average molecular weight is 349 g/mol. The van der Waals surface area contributed by atoms with Crippen molar-refractivity contribution in [3.8, 4) is 0 Å². The summed E-state index contributed by atoms with van der Waals surface area (Å²) in [5, 5.41) is 11.4. The van der Waals surface area contributed by atoms with E-state index in [9.17, 15) is 22.8 Å². The minimum absolute atomic E-state index is 0.142. The number of aliphatic carboxylic acids is 1. The van der Waals surface area contributed by atoms with E-state index in [0.717, 1.165) is 12.1 Å². The zero-order valence-corrected chi connectivity index (χ0v) is 12.9. The van der Waals surface area contributed by atoms with Crippen molar-refractivity contribution < 1.29 is 37.3 Å². The van der Waals surface area contributed by atoms with Gasteiger partial charge in [0.2, 0.25) is 5.91 Å². The van der Waals surface area contributed by atoms with Crippen LogP contribution in [0.4, 0.5) is 13.2 Å². The normalized spacial score (nSPS) is 12.7. The van der Waals surface area contributed by atoms with E-state index in [4.69, 9.17) is 14.6 Å². The van der Waals surface area contributed by atoms with Crippen LogP contribution >= 0.6 is 0 Å². The predicted octanol–water partition coefficient (Wildman–Crippen LogP) is 1.48. The molecule has 0 aliphatic carbocycles. The number of methoxy groups -OCH3 is 1. The first-order chi connectivity index (χ1) is 11.2. The first-order valence-electron chi connectivity index (χ1n) is 6.99. The largest absolute Gasteiger partial charge is 0.480 e. The molecule has 0 saturated heterocycles. The maximum Gasteiger partial charge on any atom is 0.416 e. The van der Waals surface area contributed by atoms with Gasteiger partial charge in [0.15, 0.2) is 0 Å². The minimum Gasteiger partial charge on any atom is -0.480 e. The summed E-state index contributed by atoms with van der Waals surface area (Å²) < 4.78 is 47.1. The minimum atomic E-state index is -4.46. The number of carboxylic acid groups (broad SMARTS) is 1. The average Bonchev–Trinajstić information content (AvgIpc) is 2.50. The van der Waals surface area contributed by atoms with Crippen LogP contribution in [-0.4, -0.2) is 50.0 Å². The van der Waals surface area contributed by atoms with Gasteiger partial charge in [-0.1, -0.05) is 12.1 Å². The van der Waals surface area contributed by atoms with Crippen LogP contribution in [0.5, 0.6) is 0 Å². The molecule has 0 saturated carbocycles. The number of ether oxygens (including phenoxy) is 2. The fourth-order valence-corrected chi connectivity index (χ4v) is 1.81. The highest BCUT2D eigenvalue weighted by Crippen LogP contribution is 2.29. The molecule has 0 bridgehead atoms. The molecule has 0 aliphatic rings. The summed E-state index contributed by atoms with van der Waals surface area (Å²) in [4.78, 5) is 22.8. The molecule has 0 unspecified atom stereocenters. The Morgan fingerprint density at radius 3 is 2.33 bits per heavy atom. The van der Waals surface area contributed by atoms with Crippen molar-refractivity contribution in [3.63, 3.8) is 0 Å². The molecule has 9 heteroatoms. The van der Waals surface area contributed by atoms with Gasteiger partial charge in [0.1, 0.15) is 12.6 Å². The van der Waals surface area contributed by atoms with E-state index in [-0.39, 0.29) is 19.6 Å². The van der Waals surface area contributed by atoms with Gasteiger partial charge in [0.25, 0.3) is 0 Å². The standard InChI is InChI=1S/C15H18F3NO5/c1-23-6-7-24-9-13(20)19-12(14(21)22)8-10-2-4-11(5-3-10)15(16,17)18/h2-5,12H,6-9H2,1H3,(H,19,20)(H,21,22)/t12-/m1/s1. The molecule has 24 heavy (non-hydrogen) atoms. The van der Waals surface area contributed by atoms with Gasteiger partial charge in [-0.15, -0.1) is 0 Å². The van der Waals surface area contributed by atoms with Crippen LogP contribution < -0.4 is 5.32 Å². The van der Waals surface area contributed by atoms with Gasteiger partial charge in [-0.25, -0.2) is 4.79 Å². The Hall–Kier alpha value is -2.13. The number of benzene rings is 1. The number of carbonyl (C=O) groups excluding carboxylic acids is 1. The van der Waals surface area contributed by atoms with Crippen LogP contribution in [0.1, 0.15) is 11.1 Å². The van der Waals surface area contributed by atoms with Crippen molar-refractivity contribution in [1.29, 1.82) is 0 Å². The van der Waals surface area contributed by atoms with Crippen molar-refractivity contribution in [2.45, 2.75) is 18.6 Å². The van der Waals surface area contributed by atoms with E-state index in [1.165, 1.54) is 19.2 Å². The smallest absolute Gasteiger partial charge is 0.416 e. The molecule has 0 radical (unpaired) electrons. The second-order valence-electron chi connectivity index (χ2n) is 4.90. The first-order valence-corrected chi connectivity index (χ1v) is 6.99. The number of alkyl halides is 3. The van der Waals surface area contributed by atoms with Gasteiger partial charge in [-0.05, 0) is 17.7 Å². The zero-order chi connectivity index (χ0) is 18.2. The quantitative estimate of drug-likeness (QED) is 0.660. The molecule has 0 aromatic heterocycles. The third-order valence-corrected chi connectivity index (χ3v) is 3.02. The Morgan fingerprint density at radius 2 is 1.83 bits per heavy atom. The van der Waals surface area contributed by atoms with Crippen molar-refractivity contribution >= 4 is 11.9 Å². The van der Waals surface area contributed by atoms with Crippen molar-refractivity contribution in [2.24, 2.45) is 0 Å². The lowest BCUT2D eigenvalue weighted by molar-refractivity contribution is -0.142. The summed E-state index contributed by atoms with van der Waals surface area (Å²) in [6, 6.07) is 2.83. The number of amides is 1. The molecule has 6 nitrogen and oxygen atoms in total. The Balaban J connectivity index is 2.60. The molecule has 134 valence electrons. The van der Waals surface area contributed by atoms with E-state index in [1.807, 2.05) is 0 Å². The topological polar surface area (TPSA) is 84.9 Å². The Kier molecular flexibility index (Phi) is 7.66. The summed E-state index contributed by atoms with van der Waals surface area (Å²) in [6.07, 6.45) is -4.60. The number of rotatable bonds is 9. The molecule has 0 heterocycles. The summed E-state index contributed by atoms with van der Waals surface area (Å²) in [6.45, 7) is 0.141. The van der Waals surface area contributed by atoms with Crippen LogP contribution in [-0.2, 0) is 31.7 Å². The molecule has 1 amide bonds. The summed E-state index contributed by atoms with van der Waals surface area (Å²) in [5.74, 6) is -1.93. The highest BCUT2D eigenvalue weighted by Gasteiger charge is 2.30. The van der Waals surface area contributed by atoms with Crippen molar-refractivity contribution in [1.82, 2.24) is 5.32 Å². The van der Waals surface area contributed by atoms with Gasteiger partial charge in [0, 0.05) is 13.5 Å².